The molecule has 2 unspecified atom stereocenters. The maximum atomic E-state index is 12.9. The van der Waals surface area contributed by atoms with Crippen molar-refractivity contribution in [1.82, 2.24) is 0 Å². The van der Waals surface area contributed by atoms with Gasteiger partial charge in [0.25, 0.3) is 6.29 Å². The summed E-state index contributed by atoms with van der Waals surface area (Å²) in [6, 6.07) is 0. The second kappa shape index (κ2) is 64.0. The van der Waals surface area contributed by atoms with Crippen molar-refractivity contribution in [3.05, 3.63) is 60.8 Å². The zero-order chi connectivity index (χ0) is 59.8. The number of aliphatic carboxylic acids is 1. The quantitative estimate of drug-likeness (QED) is 0.0211. The average molecular weight is 1150 g/mol. The monoisotopic (exact) mass is 1150 g/mol. The Bertz CT molecular complexity index is 1530. The highest BCUT2D eigenvalue weighted by Gasteiger charge is 2.25. The molecule has 0 aromatic carbocycles. The predicted molar refractivity (Wildman–Crippen MR) is 350 cm³/mol. The molecule has 1 N–H and O–H groups in total. The van der Waals surface area contributed by atoms with Crippen LogP contribution in [0, 0.1) is 0 Å². The normalized spacial score (nSPS) is 13.0. The molecule has 0 amide bonds. The van der Waals surface area contributed by atoms with Crippen LogP contribution in [0.2, 0.25) is 0 Å². The number of rotatable bonds is 65. The van der Waals surface area contributed by atoms with Crippen LogP contribution in [0.3, 0.4) is 0 Å². The molecule has 478 valence electrons. The smallest absolute Gasteiger partial charge is 0.361 e. The van der Waals surface area contributed by atoms with Crippen LogP contribution in [0.25, 0.3) is 0 Å². The summed E-state index contributed by atoms with van der Waals surface area (Å²) in [6.45, 7) is 4.82. The first-order chi connectivity index (χ1) is 40.1. The van der Waals surface area contributed by atoms with Crippen molar-refractivity contribution in [2.24, 2.45) is 0 Å². The van der Waals surface area contributed by atoms with E-state index in [2.05, 4.69) is 74.6 Å². The van der Waals surface area contributed by atoms with Gasteiger partial charge in [0.2, 0.25) is 0 Å². The second-order valence-electron chi connectivity index (χ2n) is 24.8. The van der Waals surface area contributed by atoms with Crippen molar-refractivity contribution in [3.63, 3.8) is 0 Å². The van der Waals surface area contributed by atoms with Crippen LogP contribution in [0.1, 0.15) is 328 Å². The van der Waals surface area contributed by atoms with Crippen LogP contribution >= 0.6 is 0 Å². The van der Waals surface area contributed by atoms with E-state index in [9.17, 15) is 19.5 Å². The third-order valence-electron chi connectivity index (χ3n) is 15.5. The van der Waals surface area contributed by atoms with Gasteiger partial charge in [-0.25, -0.2) is 4.79 Å². The van der Waals surface area contributed by atoms with Crippen molar-refractivity contribution in [2.45, 2.75) is 341 Å². The number of carbonyl (C=O) groups excluding carboxylic acids is 2. The molecule has 0 fully saturated rings. The lowest BCUT2D eigenvalue weighted by atomic mass is 10.0. The number of carboxylic acids is 1. The maximum Gasteiger partial charge on any atom is 0.361 e. The van der Waals surface area contributed by atoms with Crippen molar-refractivity contribution in [1.29, 1.82) is 0 Å². The molecule has 2 atom stereocenters. The minimum atomic E-state index is -1.51. The fourth-order valence-corrected chi connectivity index (χ4v) is 10.2. The molecule has 9 nitrogen and oxygen atoms in total. The SMILES string of the molecule is CC/C=C\C/C=C\C/C=C\C/C=C\C/C=C\CCCCCCCCCCCCCCCC(=O)OC(COC(=O)CCCCCCCCCCCCCCCCCCCCCCCCCCCCCC)COC(OCC[N+](C)(C)C)C(=O)O. The maximum absolute atomic E-state index is 12.9. The molecule has 9 heteroatoms. The number of hydrogen-bond acceptors (Lipinski definition) is 7. The second-order valence-corrected chi connectivity index (χ2v) is 24.8. The molecule has 0 rings (SSSR count). The number of allylic oxidation sites excluding steroid dienone is 10. The highest BCUT2D eigenvalue weighted by molar-refractivity contribution is 5.71. The van der Waals surface area contributed by atoms with E-state index >= 15 is 0 Å². The molecule has 0 heterocycles. The number of ether oxygens (including phenoxy) is 4. The van der Waals surface area contributed by atoms with Gasteiger partial charge in [0.05, 0.1) is 34.4 Å². The Labute approximate surface area is 507 Å². The van der Waals surface area contributed by atoms with E-state index in [1.165, 1.54) is 231 Å². The summed E-state index contributed by atoms with van der Waals surface area (Å²) in [4.78, 5) is 37.6. The molecule has 0 bridgehead atoms. The molecule has 0 aromatic heterocycles. The third-order valence-corrected chi connectivity index (χ3v) is 15.5. The summed E-state index contributed by atoms with van der Waals surface area (Å²) >= 11 is 0. The molecular formula is C73H134NO8+. The Morgan fingerprint density at radius 1 is 0.378 bits per heavy atom. The van der Waals surface area contributed by atoms with E-state index in [4.69, 9.17) is 18.9 Å². The van der Waals surface area contributed by atoms with Gasteiger partial charge < -0.3 is 28.5 Å². The topological polar surface area (TPSA) is 108 Å². The van der Waals surface area contributed by atoms with E-state index in [0.717, 1.165) is 70.6 Å². The first-order valence-corrected chi connectivity index (χ1v) is 35.0. The van der Waals surface area contributed by atoms with E-state index in [1.54, 1.807) is 0 Å². The number of hydrogen-bond donors (Lipinski definition) is 1. The van der Waals surface area contributed by atoms with E-state index in [1.807, 2.05) is 21.1 Å². The predicted octanol–water partition coefficient (Wildman–Crippen LogP) is 21.5. The fourth-order valence-electron chi connectivity index (χ4n) is 10.2. The lowest BCUT2D eigenvalue weighted by molar-refractivity contribution is -0.870. The van der Waals surface area contributed by atoms with Gasteiger partial charge in [-0.2, -0.15) is 0 Å². The number of likely N-dealkylation sites (N-methyl/N-ethyl adjacent to an activating group) is 1. The Balaban J connectivity index is 4.09. The summed E-state index contributed by atoms with van der Waals surface area (Å²) in [7, 11) is 5.98. The molecule has 82 heavy (non-hydrogen) atoms. The highest BCUT2D eigenvalue weighted by Crippen LogP contribution is 2.18. The summed E-state index contributed by atoms with van der Waals surface area (Å²) in [5.41, 5.74) is 0. The molecule has 0 aromatic rings. The van der Waals surface area contributed by atoms with Crippen molar-refractivity contribution in [2.75, 3.05) is 47.5 Å². The molecule has 0 saturated heterocycles. The largest absolute Gasteiger partial charge is 0.477 e. The molecule has 0 radical (unpaired) electrons. The third kappa shape index (κ3) is 64.5. The Morgan fingerprint density at radius 3 is 1.04 bits per heavy atom. The molecular weight excluding hydrogens is 1020 g/mol. The first-order valence-electron chi connectivity index (χ1n) is 35.0. The van der Waals surface area contributed by atoms with Gasteiger partial charge in [0.1, 0.15) is 13.2 Å². The standard InChI is InChI=1S/C73H133NO8/c1-6-8-10-12-14-16-18-20-22-24-26-28-30-32-34-36-38-40-42-44-46-48-50-52-54-56-58-60-62-64-71(76)82-69(68-81-73(72(77)78)79-66-65-74(3,4)5)67-80-70(75)63-61-59-57-55-53-51-49-47-45-43-41-39-37-35-33-31-29-27-25-23-21-19-17-15-13-11-9-7-2/h8,10,14,16,20,22,26,28,32,34,69,73H,6-7,9,11-13,15,17-19,21,23-25,27,29-31,33,35-68H2,1-5H3/p+1/b10-8-,16-14-,22-20-,28-26-,34-32-. The van der Waals surface area contributed by atoms with Gasteiger partial charge in [-0.15, -0.1) is 0 Å². The molecule has 0 aliphatic heterocycles. The van der Waals surface area contributed by atoms with Gasteiger partial charge in [0.15, 0.2) is 6.10 Å². The summed E-state index contributed by atoms with van der Waals surface area (Å²) < 4.78 is 23.0. The number of quaternary nitrogens is 1. The molecule has 0 aliphatic carbocycles. The van der Waals surface area contributed by atoms with Crippen molar-refractivity contribution < 1.29 is 42.9 Å². The van der Waals surface area contributed by atoms with E-state index in [0.29, 0.717) is 17.4 Å². The van der Waals surface area contributed by atoms with Crippen LogP contribution in [0.15, 0.2) is 60.8 Å². The lowest BCUT2D eigenvalue weighted by Crippen LogP contribution is -2.40. The molecule has 0 aliphatic rings. The Hall–Kier alpha value is -3.01. The van der Waals surface area contributed by atoms with Crippen LogP contribution in [-0.2, 0) is 33.3 Å². The summed E-state index contributed by atoms with van der Waals surface area (Å²) in [6.07, 6.45) is 80.5. The Kier molecular flexibility index (Phi) is 61.6. The molecule has 0 saturated carbocycles. The molecule has 0 spiro atoms. The van der Waals surface area contributed by atoms with Gasteiger partial charge in [0, 0.05) is 12.8 Å². The van der Waals surface area contributed by atoms with E-state index in [-0.39, 0.29) is 32.2 Å². The minimum absolute atomic E-state index is 0.179. The number of esters is 2. The van der Waals surface area contributed by atoms with E-state index < -0.39 is 24.3 Å². The van der Waals surface area contributed by atoms with Crippen LogP contribution < -0.4 is 0 Å². The summed E-state index contributed by atoms with van der Waals surface area (Å²) in [5.74, 6) is -1.99. The van der Waals surface area contributed by atoms with Crippen molar-refractivity contribution >= 4 is 17.9 Å². The van der Waals surface area contributed by atoms with Crippen molar-refractivity contribution in [3.8, 4) is 0 Å². The average Bonchev–Trinajstić information content (AvgIpc) is 3.47. The summed E-state index contributed by atoms with van der Waals surface area (Å²) in [5, 5.41) is 9.75. The number of unbranched alkanes of at least 4 members (excludes halogenated alkanes) is 40. The zero-order valence-electron chi connectivity index (χ0n) is 54.7. The van der Waals surface area contributed by atoms with Crippen LogP contribution in [0.5, 0.6) is 0 Å². The zero-order valence-corrected chi connectivity index (χ0v) is 54.7. The van der Waals surface area contributed by atoms with Gasteiger partial charge in [-0.1, -0.05) is 319 Å². The van der Waals surface area contributed by atoms with Gasteiger partial charge in [-0.05, 0) is 57.8 Å². The number of nitrogens with zero attached hydrogens (tertiary/aromatic N) is 1. The Morgan fingerprint density at radius 2 is 0.695 bits per heavy atom. The number of carboxylic acid groups (broad SMARTS) is 1. The first kappa shape index (κ1) is 79.0. The minimum Gasteiger partial charge on any atom is -0.477 e. The lowest BCUT2D eigenvalue weighted by Gasteiger charge is -2.25. The van der Waals surface area contributed by atoms with Crippen LogP contribution in [-0.4, -0.2) is 87.4 Å². The highest BCUT2D eigenvalue weighted by atomic mass is 16.7. The van der Waals surface area contributed by atoms with Gasteiger partial charge >= 0.3 is 17.9 Å². The number of carbonyl (C=O) groups is 3. The fraction of sp³-hybridized carbons (Fsp3) is 0.822. The van der Waals surface area contributed by atoms with Crippen LogP contribution in [0.4, 0.5) is 0 Å². The van der Waals surface area contributed by atoms with Gasteiger partial charge in [-0.3, -0.25) is 9.59 Å².